The summed E-state index contributed by atoms with van der Waals surface area (Å²) in [4.78, 5) is 34.1. The van der Waals surface area contributed by atoms with Crippen molar-refractivity contribution in [2.45, 2.75) is 32.4 Å². The molecule has 0 aliphatic carbocycles. The molecule has 200 valence electrons. The number of halogens is 1. The lowest BCUT2D eigenvalue weighted by Crippen LogP contribution is -2.31. The molecule has 0 saturated carbocycles. The van der Waals surface area contributed by atoms with E-state index in [1.807, 2.05) is 61.9 Å². The number of urea groups is 1. The van der Waals surface area contributed by atoms with Gasteiger partial charge in [0, 0.05) is 34.4 Å². The average molecular weight is 546 g/mol. The van der Waals surface area contributed by atoms with Crippen molar-refractivity contribution in [2.24, 2.45) is 0 Å². The van der Waals surface area contributed by atoms with Crippen LogP contribution in [0.15, 0.2) is 73.2 Å². The Morgan fingerprint density at radius 1 is 1.03 bits per heavy atom. The van der Waals surface area contributed by atoms with Gasteiger partial charge >= 0.3 is 12.0 Å². The summed E-state index contributed by atoms with van der Waals surface area (Å²) >= 11 is 6.10. The summed E-state index contributed by atoms with van der Waals surface area (Å²) in [6, 6.07) is 14.8. The van der Waals surface area contributed by atoms with Gasteiger partial charge < -0.3 is 29.7 Å². The third-order valence-electron chi connectivity index (χ3n) is 6.12. The lowest BCUT2D eigenvalue weighted by Gasteiger charge is -2.26. The van der Waals surface area contributed by atoms with Gasteiger partial charge in [-0.15, -0.1) is 0 Å². The zero-order chi connectivity index (χ0) is 27.7. The monoisotopic (exact) mass is 545 g/mol. The first-order chi connectivity index (χ1) is 18.6. The summed E-state index contributed by atoms with van der Waals surface area (Å²) in [5.41, 5.74) is 2.48. The van der Waals surface area contributed by atoms with Gasteiger partial charge in [0.1, 0.15) is 17.0 Å². The fraction of sp³-hybridized carbons (Fsp3) is 0.207. The van der Waals surface area contributed by atoms with E-state index >= 15 is 0 Å². The van der Waals surface area contributed by atoms with Crippen LogP contribution in [-0.4, -0.2) is 39.2 Å². The number of fused-ring (bicyclic) bond motifs is 2. The number of esters is 1. The number of nitrogens with zero attached hydrogens (tertiary/aromatic N) is 2. The molecule has 5 rings (SSSR count). The maximum atomic E-state index is 13.6. The predicted molar refractivity (Wildman–Crippen MR) is 153 cm³/mol. The second-order valence-electron chi connectivity index (χ2n) is 9.96. The molecule has 0 radical (unpaired) electrons. The van der Waals surface area contributed by atoms with Gasteiger partial charge in [0.2, 0.25) is 0 Å². The third-order valence-corrected chi connectivity index (χ3v) is 6.35. The number of pyridine rings is 1. The Hall–Kier alpha value is -4.50. The highest BCUT2D eigenvalue weighted by Gasteiger charge is 2.31. The molecule has 1 atom stereocenters. The molecule has 5 aromatic rings. The lowest BCUT2D eigenvalue weighted by atomic mass is 10.0. The number of aromatic nitrogens is 3. The van der Waals surface area contributed by atoms with Gasteiger partial charge in [-0.1, -0.05) is 17.7 Å². The number of hydrogen-bond donors (Lipinski definition) is 3. The van der Waals surface area contributed by atoms with Gasteiger partial charge in [0.15, 0.2) is 6.04 Å². The van der Waals surface area contributed by atoms with Crippen molar-refractivity contribution in [3.05, 3.63) is 83.8 Å². The summed E-state index contributed by atoms with van der Waals surface area (Å²) < 4.78 is 13.0. The number of methoxy groups -OCH3 is 1. The molecular weight excluding hydrogens is 518 g/mol. The predicted octanol–water partition coefficient (Wildman–Crippen LogP) is 6.75. The molecule has 0 spiro atoms. The number of benzene rings is 2. The molecule has 0 fully saturated rings. The average Bonchev–Trinajstić information content (AvgIpc) is 3.52. The van der Waals surface area contributed by atoms with Crippen LogP contribution < -0.4 is 15.4 Å². The number of nitrogens with one attached hydrogen (secondary N) is 3. The Balaban J connectivity index is 1.53. The SMILES string of the molecule is COc1ccc(Cl)cc1NC(=O)Nc1cccc2c1ccn2C(C(=O)OC(C)(C)C)c1ccnc2[nH]ccc12. The Kier molecular flexibility index (Phi) is 6.93. The highest BCUT2D eigenvalue weighted by molar-refractivity contribution is 6.31. The van der Waals surface area contributed by atoms with Crippen LogP contribution in [0.25, 0.3) is 21.9 Å². The fourth-order valence-electron chi connectivity index (χ4n) is 4.55. The van der Waals surface area contributed by atoms with Gasteiger partial charge in [-0.3, -0.25) is 0 Å². The van der Waals surface area contributed by atoms with Crippen molar-refractivity contribution in [3.63, 3.8) is 0 Å². The van der Waals surface area contributed by atoms with E-state index < -0.39 is 23.6 Å². The third kappa shape index (κ3) is 5.39. The number of carbonyl (C=O) groups excluding carboxylic acids is 2. The Bertz CT molecular complexity index is 1680. The number of ether oxygens (including phenoxy) is 2. The minimum atomic E-state index is -0.789. The zero-order valence-corrected chi connectivity index (χ0v) is 22.7. The van der Waals surface area contributed by atoms with Crippen LogP contribution in [-0.2, 0) is 9.53 Å². The summed E-state index contributed by atoms with van der Waals surface area (Å²) in [6.07, 6.45) is 5.27. The number of aromatic amines is 1. The van der Waals surface area contributed by atoms with E-state index in [1.165, 1.54) is 7.11 Å². The molecular formula is C29H28ClN5O4. The molecule has 1 unspecified atom stereocenters. The van der Waals surface area contributed by atoms with E-state index in [2.05, 4.69) is 20.6 Å². The summed E-state index contributed by atoms with van der Waals surface area (Å²) in [6.45, 7) is 5.51. The van der Waals surface area contributed by atoms with Crippen LogP contribution >= 0.6 is 11.6 Å². The molecule has 0 aliphatic heterocycles. The quantitative estimate of drug-likeness (QED) is 0.204. The smallest absolute Gasteiger partial charge is 0.334 e. The van der Waals surface area contributed by atoms with Gasteiger partial charge in [-0.05, 0) is 74.9 Å². The highest BCUT2D eigenvalue weighted by atomic mass is 35.5. The van der Waals surface area contributed by atoms with Gasteiger partial charge in [0.25, 0.3) is 0 Å². The number of carbonyl (C=O) groups is 2. The minimum absolute atomic E-state index is 0.405. The van der Waals surface area contributed by atoms with Crippen molar-refractivity contribution >= 4 is 56.9 Å². The fourth-order valence-corrected chi connectivity index (χ4v) is 4.72. The molecule has 3 heterocycles. The molecule has 3 aromatic heterocycles. The highest BCUT2D eigenvalue weighted by Crippen LogP contribution is 2.34. The van der Waals surface area contributed by atoms with Crippen LogP contribution in [0, 0.1) is 0 Å². The molecule has 0 aliphatic rings. The largest absolute Gasteiger partial charge is 0.495 e. The number of amides is 2. The van der Waals surface area contributed by atoms with Crippen LogP contribution in [0.1, 0.15) is 32.4 Å². The topological polar surface area (TPSA) is 110 Å². The van der Waals surface area contributed by atoms with E-state index in [-0.39, 0.29) is 0 Å². The van der Waals surface area contributed by atoms with Crippen LogP contribution in [0.4, 0.5) is 16.2 Å². The standard InChI is InChI=1S/C29H28ClN5O4/c1-29(2,3)39-27(36)25(18-10-13-31-26-19(18)11-14-32-26)35-15-12-20-21(6-5-7-23(20)35)33-28(37)34-22-16-17(30)8-9-24(22)38-4/h5-16,25H,1-4H3,(H,31,32)(H2,33,34,37). The van der Waals surface area contributed by atoms with Crippen LogP contribution in [0.2, 0.25) is 5.02 Å². The van der Waals surface area contributed by atoms with E-state index in [0.717, 1.165) is 21.9 Å². The maximum absolute atomic E-state index is 13.6. The van der Waals surface area contributed by atoms with E-state index in [0.29, 0.717) is 27.8 Å². The van der Waals surface area contributed by atoms with E-state index in [9.17, 15) is 9.59 Å². The molecule has 10 heteroatoms. The van der Waals surface area contributed by atoms with Crippen molar-refractivity contribution in [1.29, 1.82) is 0 Å². The first-order valence-corrected chi connectivity index (χ1v) is 12.7. The number of hydrogen-bond acceptors (Lipinski definition) is 5. The Morgan fingerprint density at radius 3 is 2.59 bits per heavy atom. The molecule has 0 bridgehead atoms. The van der Waals surface area contributed by atoms with Gasteiger partial charge in [-0.25, -0.2) is 14.6 Å². The summed E-state index contributed by atoms with van der Waals surface area (Å²) in [5.74, 6) is 0.0744. The van der Waals surface area contributed by atoms with Crippen LogP contribution in [0.3, 0.4) is 0 Å². The number of H-pyrrole nitrogens is 1. The van der Waals surface area contributed by atoms with Gasteiger partial charge in [-0.2, -0.15) is 0 Å². The molecule has 39 heavy (non-hydrogen) atoms. The van der Waals surface area contributed by atoms with Crippen molar-refractivity contribution in [1.82, 2.24) is 14.5 Å². The molecule has 9 nitrogen and oxygen atoms in total. The molecule has 2 aromatic carbocycles. The van der Waals surface area contributed by atoms with Crippen molar-refractivity contribution < 1.29 is 19.1 Å². The van der Waals surface area contributed by atoms with E-state index in [4.69, 9.17) is 21.1 Å². The normalized spacial score (nSPS) is 12.3. The number of rotatable bonds is 6. The molecule has 3 N–H and O–H groups in total. The summed E-state index contributed by atoms with van der Waals surface area (Å²) in [7, 11) is 1.51. The van der Waals surface area contributed by atoms with Crippen LogP contribution in [0.5, 0.6) is 5.75 Å². The second-order valence-corrected chi connectivity index (χ2v) is 10.4. The maximum Gasteiger partial charge on any atom is 0.334 e. The second kappa shape index (κ2) is 10.3. The zero-order valence-electron chi connectivity index (χ0n) is 21.9. The minimum Gasteiger partial charge on any atom is -0.495 e. The Morgan fingerprint density at radius 2 is 1.82 bits per heavy atom. The first-order valence-electron chi connectivity index (χ1n) is 12.3. The summed E-state index contributed by atoms with van der Waals surface area (Å²) in [5, 5.41) is 7.71. The molecule has 2 amide bonds. The number of anilines is 2. The van der Waals surface area contributed by atoms with Gasteiger partial charge in [0.05, 0.1) is 24.0 Å². The lowest BCUT2D eigenvalue weighted by molar-refractivity contribution is -0.157. The first kappa shape index (κ1) is 26.1. The Labute approximate surface area is 230 Å². The molecule has 0 saturated heterocycles. The van der Waals surface area contributed by atoms with Crippen molar-refractivity contribution in [3.8, 4) is 5.75 Å². The van der Waals surface area contributed by atoms with Crippen molar-refractivity contribution in [2.75, 3.05) is 17.7 Å². The van der Waals surface area contributed by atoms with E-state index in [1.54, 1.807) is 36.7 Å².